The van der Waals surface area contributed by atoms with E-state index in [1.807, 2.05) is 18.2 Å². The summed E-state index contributed by atoms with van der Waals surface area (Å²) in [5, 5.41) is 5.19. The van der Waals surface area contributed by atoms with E-state index in [0.29, 0.717) is 0 Å². The molecule has 1 aromatic carbocycles. The molecule has 0 aliphatic rings. The Hall–Kier alpha value is -0.990. The number of hydrogen-bond donors (Lipinski definition) is 1. The number of hydrogen-bond acceptors (Lipinski definition) is 2. The molecule has 0 bridgehead atoms. The molecule has 1 heterocycles. The van der Waals surface area contributed by atoms with E-state index in [1.165, 1.54) is 0 Å². The lowest BCUT2D eigenvalue weighted by Crippen LogP contribution is -2.17. The van der Waals surface area contributed by atoms with E-state index in [9.17, 15) is 0 Å². The molecule has 0 radical (unpaired) electrons. The van der Waals surface area contributed by atoms with Gasteiger partial charge in [0.25, 0.3) is 0 Å². The van der Waals surface area contributed by atoms with Gasteiger partial charge in [-0.15, -0.1) is 0 Å². The van der Waals surface area contributed by atoms with Crippen LogP contribution < -0.4 is 5.32 Å². The molecular weight excluding hydrogens is 222 g/mol. The van der Waals surface area contributed by atoms with E-state index in [2.05, 4.69) is 18.3 Å². The maximum atomic E-state index is 5.92. The molecule has 0 amide bonds. The van der Waals surface area contributed by atoms with Crippen LogP contribution >= 0.6 is 11.6 Å². The summed E-state index contributed by atoms with van der Waals surface area (Å²) in [5.74, 6) is 1.01. The zero-order valence-corrected chi connectivity index (χ0v) is 10.2. The van der Waals surface area contributed by atoms with Crippen LogP contribution in [-0.2, 0) is 6.42 Å². The zero-order valence-electron chi connectivity index (χ0n) is 9.42. The largest absolute Gasteiger partial charge is 0.461 e. The summed E-state index contributed by atoms with van der Waals surface area (Å²) in [6.45, 7) is 4.18. The highest BCUT2D eigenvalue weighted by Crippen LogP contribution is 2.23. The van der Waals surface area contributed by atoms with Crippen molar-refractivity contribution in [3.8, 4) is 0 Å². The van der Waals surface area contributed by atoms with Crippen molar-refractivity contribution in [3.63, 3.8) is 0 Å². The first-order valence-corrected chi connectivity index (χ1v) is 6.06. The molecule has 2 rings (SSSR count). The lowest BCUT2D eigenvalue weighted by Gasteiger charge is -1.99. The Morgan fingerprint density at radius 3 is 2.94 bits per heavy atom. The number of rotatable bonds is 5. The highest BCUT2D eigenvalue weighted by molar-refractivity contribution is 6.31. The van der Waals surface area contributed by atoms with Crippen LogP contribution in [0.4, 0.5) is 0 Å². The van der Waals surface area contributed by atoms with Crippen LogP contribution in [0, 0.1) is 0 Å². The first-order chi connectivity index (χ1) is 7.79. The van der Waals surface area contributed by atoms with Gasteiger partial charge in [-0.05, 0) is 37.2 Å². The van der Waals surface area contributed by atoms with Crippen molar-refractivity contribution >= 4 is 22.6 Å². The fourth-order valence-corrected chi connectivity index (χ4v) is 1.89. The normalized spacial score (nSPS) is 11.1. The smallest absolute Gasteiger partial charge is 0.134 e. The number of benzene rings is 1. The molecule has 1 N–H and O–H groups in total. The maximum absolute atomic E-state index is 5.92. The first-order valence-electron chi connectivity index (χ1n) is 5.68. The van der Waals surface area contributed by atoms with E-state index < -0.39 is 0 Å². The second-order valence-electron chi connectivity index (χ2n) is 3.89. The Kier molecular flexibility index (Phi) is 3.86. The molecular formula is C13H16ClNO. The third kappa shape index (κ3) is 2.77. The summed E-state index contributed by atoms with van der Waals surface area (Å²) in [5.41, 5.74) is 0.912. The molecule has 0 fully saturated rings. The Bertz CT molecular complexity index is 464. The molecule has 86 valence electrons. The van der Waals surface area contributed by atoms with Gasteiger partial charge in [0.2, 0.25) is 0 Å². The van der Waals surface area contributed by atoms with E-state index in [-0.39, 0.29) is 0 Å². The quantitative estimate of drug-likeness (QED) is 0.804. The number of nitrogens with one attached hydrogen (secondary N) is 1. The number of halogens is 1. The summed E-state index contributed by atoms with van der Waals surface area (Å²) >= 11 is 5.92. The molecule has 0 atom stereocenters. The fraction of sp³-hybridized carbons (Fsp3) is 0.385. The van der Waals surface area contributed by atoms with Crippen molar-refractivity contribution < 1.29 is 4.42 Å². The van der Waals surface area contributed by atoms with Gasteiger partial charge in [-0.25, -0.2) is 0 Å². The minimum atomic E-state index is 0.754. The van der Waals surface area contributed by atoms with Gasteiger partial charge in [0, 0.05) is 23.4 Å². The van der Waals surface area contributed by atoms with Gasteiger partial charge in [0.05, 0.1) is 0 Å². The lowest BCUT2D eigenvalue weighted by molar-refractivity contribution is 0.532. The van der Waals surface area contributed by atoms with Gasteiger partial charge < -0.3 is 9.73 Å². The summed E-state index contributed by atoms with van der Waals surface area (Å²) in [4.78, 5) is 0. The lowest BCUT2D eigenvalue weighted by atomic mass is 10.2. The van der Waals surface area contributed by atoms with Crippen LogP contribution in [0.2, 0.25) is 5.02 Å². The van der Waals surface area contributed by atoms with Crippen molar-refractivity contribution in [3.05, 3.63) is 35.0 Å². The van der Waals surface area contributed by atoms with Crippen LogP contribution in [0.1, 0.15) is 19.1 Å². The number of furan rings is 1. The molecule has 0 unspecified atom stereocenters. The highest BCUT2D eigenvalue weighted by Gasteiger charge is 2.03. The second-order valence-corrected chi connectivity index (χ2v) is 4.33. The van der Waals surface area contributed by atoms with Gasteiger partial charge in [-0.1, -0.05) is 18.5 Å². The van der Waals surface area contributed by atoms with Gasteiger partial charge in [-0.3, -0.25) is 0 Å². The average Bonchev–Trinajstić information content (AvgIpc) is 2.66. The molecule has 3 heteroatoms. The van der Waals surface area contributed by atoms with E-state index in [0.717, 1.165) is 47.7 Å². The Morgan fingerprint density at radius 2 is 2.12 bits per heavy atom. The van der Waals surface area contributed by atoms with E-state index in [1.54, 1.807) is 0 Å². The predicted molar refractivity (Wildman–Crippen MR) is 68.1 cm³/mol. The monoisotopic (exact) mass is 237 g/mol. The summed E-state index contributed by atoms with van der Waals surface area (Å²) in [7, 11) is 0. The van der Waals surface area contributed by atoms with Gasteiger partial charge in [-0.2, -0.15) is 0 Å². The second kappa shape index (κ2) is 5.37. The van der Waals surface area contributed by atoms with Crippen LogP contribution in [0.25, 0.3) is 11.0 Å². The fourth-order valence-electron chi connectivity index (χ4n) is 1.71. The summed E-state index contributed by atoms with van der Waals surface area (Å²) in [6.07, 6.45) is 2.09. The van der Waals surface area contributed by atoms with E-state index >= 15 is 0 Å². The van der Waals surface area contributed by atoms with Crippen molar-refractivity contribution in [2.24, 2.45) is 0 Å². The SMILES string of the molecule is CCCNCCc1cc2cc(Cl)ccc2o1. The Labute approximate surface area is 101 Å². The Balaban J connectivity index is 2.02. The van der Waals surface area contributed by atoms with Crippen LogP contribution in [-0.4, -0.2) is 13.1 Å². The predicted octanol–water partition coefficient (Wildman–Crippen LogP) is 3.63. The molecule has 1 aromatic heterocycles. The van der Waals surface area contributed by atoms with Crippen molar-refractivity contribution in [2.45, 2.75) is 19.8 Å². The molecule has 2 aromatic rings. The minimum absolute atomic E-state index is 0.754. The van der Waals surface area contributed by atoms with Gasteiger partial charge >= 0.3 is 0 Å². The van der Waals surface area contributed by atoms with Crippen LogP contribution in [0.5, 0.6) is 0 Å². The highest BCUT2D eigenvalue weighted by atomic mass is 35.5. The molecule has 0 spiro atoms. The van der Waals surface area contributed by atoms with Crippen LogP contribution in [0.3, 0.4) is 0 Å². The summed E-state index contributed by atoms with van der Waals surface area (Å²) < 4.78 is 5.70. The first kappa shape index (κ1) is 11.5. The average molecular weight is 238 g/mol. The molecule has 0 saturated carbocycles. The van der Waals surface area contributed by atoms with Gasteiger partial charge in [0.1, 0.15) is 11.3 Å². The van der Waals surface area contributed by atoms with Crippen molar-refractivity contribution in [1.29, 1.82) is 0 Å². The van der Waals surface area contributed by atoms with Crippen molar-refractivity contribution in [2.75, 3.05) is 13.1 Å². The zero-order chi connectivity index (χ0) is 11.4. The topological polar surface area (TPSA) is 25.2 Å². The molecule has 0 aliphatic heterocycles. The third-order valence-electron chi connectivity index (χ3n) is 2.50. The number of fused-ring (bicyclic) bond motifs is 1. The van der Waals surface area contributed by atoms with E-state index in [4.69, 9.17) is 16.0 Å². The molecule has 0 saturated heterocycles. The summed E-state index contributed by atoms with van der Waals surface area (Å²) in [6, 6.07) is 7.77. The van der Waals surface area contributed by atoms with Crippen LogP contribution in [0.15, 0.2) is 28.7 Å². The minimum Gasteiger partial charge on any atom is -0.461 e. The molecule has 2 nitrogen and oxygen atoms in total. The maximum Gasteiger partial charge on any atom is 0.134 e. The standard InChI is InChI=1S/C13H16ClNO/c1-2-6-15-7-5-12-9-10-8-11(14)3-4-13(10)16-12/h3-4,8-9,15H,2,5-7H2,1H3. The van der Waals surface area contributed by atoms with Gasteiger partial charge in [0.15, 0.2) is 0 Å². The third-order valence-corrected chi connectivity index (χ3v) is 2.74. The molecule has 16 heavy (non-hydrogen) atoms. The molecule has 0 aliphatic carbocycles. The Morgan fingerprint density at radius 1 is 1.25 bits per heavy atom. The van der Waals surface area contributed by atoms with Crippen molar-refractivity contribution in [1.82, 2.24) is 5.32 Å².